The quantitative estimate of drug-likeness (QED) is 0.800. The van der Waals surface area contributed by atoms with Crippen molar-refractivity contribution < 1.29 is 5.11 Å². The molecule has 20 heavy (non-hydrogen) atoms. The van der Waals surface area contributed by atoms with Gasteiger partial charge in [0, 0.05) is 18.6 Å². The van der Waals surface area contributed by atoms with Crippen LogP contribution in [0.25, 0.3) is 0 Å². The van der Waals surface area contributed by atoms with Gasteiger partial charge in [-0.1, -0.05) is 37.3 Å². The van der Waals surface area contributed by atoms with Gasteiger partial charge < -0.3 is 15.3 Å². The molecule has 2 N–H and O–H groups in total. The summed E-state index contributed by atoms with van der Waals surface area (Å²) in [5.41, 5.74) is 1.43. The standard InChI is InChI=1S/C17H28N2O/c1-2-16(14-20)18-17-9-12-19(13-10-17)11-8-15-6-4-3-5-7-15/h3-7,16-18,20H,2,8-14H2,1H3/t16-/m0/s1. The van der Waals surface area contributed by atoms with Crippen molar-refractivity contribution in [2.45, 2.75) is 44.7 Å². The maximum atomic E-state index is 9.25. The number of piperidine rings is 1. The zero-order valence-corrected chi connectivity index (χ0v) is 12.6. The summed E-state index contributed by atoms with van der Waals surface area (Å²) in [6, 6.07) is 11.6. The topological polar surface area (TPSA) is 35.5 Å². The number of hydrogen-bond donors (Lipinski definition) is 2. The Hall–Kier alpha value is -0.900. The summed E-state index contributed by atoms with van der Waals surface area (Å²) in [7, 11) is 0. The Morgan fingerprint density at radius 2 is 1.95 bits per heavy atom. The number of likely N-dealkylation sites (tertiary alicyclic amines) is 1. The summed E-state index contributed by atoms with van der Waals surface area (Å²) >= 11 is 0. The molecule has 112 valence electrons. The molecule has 1 aliphatic rings. The van der Waals surface area contributed by atoms with Crippen LogP contribution in [0.5, 0.6) is 0 Å². The third kappa shape index (κ3) is 4.89. The van der Waals surface area contributed by atoms with Gasteiger partial charge in [-0.15, -0.1) is 0 Å². The van der Waals surface area contributed by atoms with Crippen molar-refractivity contribution >= 4 is 0 Å². The van der Waals surface area contributed by atoms with E-state index in [1.807, 2.05) is 0 Å². The Kier molecular flexibility index (Phi) is 6.51. The molecule has 0 radical (unpaired) electrons. The smallest absolute Gasteiger partial charge is 0.0584 e. The molecule has 0 saturated carbocycles. The van der Waals surface area contributed by atoms with E-state index in [4.69, 9.17) is 0 Å². The van der Waals surface area contributed by atoms with E-state index in [9.17, 15) is 5.11 Å². The van der Waals surface area contributed by atoms with Crippen molar-refractivity contribution in [3.8, 4) is 0 Å². The first-order valence-electron chi connectivity index (χ1n) is 7.95. The minimum Gasteiger partial charge on any atom is -0.395 e. The van der Waals surface area contributed by atoms with Crippen molar-refractivity contribution in [2.24, 2.45) is 0 Å². The number of nitrogens with zero attached hydrogens (tertiary/aromatic N) is 1. The first-order valence-corrected chi connectivity index (χ1v) is 7.95. The Bertz CT molecular complexity index is 357. The molecular weight excluding hydrogens is 248 g/mol. The second-order valence-electron chi connectivity index (χ2n) is 5.81. The summed E-state index contributed by atoms with van der Waals surface area (Å²) in [6.07, 6.45) is 4.55. The Labute approximate surface area is 123 Å². The maximum Gasteiger partial charge on any atom is 0.0584 e. The lowest BCUT2D eigenvalue weighted by molar-refractivity contribution is 0.171. The lowest BCUT2D eigenvalue weighted by Crippen LogP contribution is -2.47. The summed E-state index contributed by atoms with van der Waals surface area (Å²) in [5.74, 6) is 0. The predicted octanol–water partition coefficient (Wildman–Crippen LogP) is 2.05. The van der Waals surface area contributed by atoms with Crippen LogP contribution in [0.2, 0.25) is 0 Å². The van der Waals surface area contributed by atoms with Crippen LogP contribution in [-0.2, 0) is 6.42 Å². The minimum atomic E-state index is 0.255. The molecule has 3 nitrogen and oxygen atoms in total. The average Bonchev–Trinajstić information content (AvgIpc) is 2.53. The van der Waals surface area contributed by atoms with E-state index >= 15 is 0 Å². The minimum absolute atomic E-state index is 0.255. The van der Waals surface area contributed by atoms with Crippen LogP contribution in [0.1, 0.15) is 31.7 Å². The van der Waals surface area contributed by atoms with Crippen LogP contribution in [0.4, 0.5) is 0 Å². The van der Waals surface area contributed by atoms with Crippen LogP contribution in [0.15, 0.2) is 30.3 Å². The molecule has 1 atom stereocenters. The van der Waals surface area contributed by atoms with E-state index < -0.39 is 0 Å². The van der Waals surface area contributed by atoms with Gasteiger partial charge in [0.05, 0.1) is 6.61 Å². The van der Waals surface area contributed by atoms with Gasteiger partial charge in [-0.25, -0.2) is 0 Å². The van der Waals surface area contributed by atoms with E-state index in [0.29, 0.717) is 6.04 Å². The van der Waals surface area contributed by atoms with Crippen molar-refractivity contribution in [1.82, 2.24) is 10.2 Å². The lowest BCUT2D eigenvalue weighted by Gasteiger charge is -2.34. The second kappa shape index (κ2) is 8.40. The number of nitrogens with one attached hydrogen (secondary N) is 1. The zero-order chi connectivity index (χ0) is 14.2. The predicted molar refractivity (Wildman–Crippen MR) is 83.9 cm³/mol. The number of benzene rings is 1. The van der Waals surface area contributed by atoms with Gasteiger partial charge in [0.25, 0.3) is 0 Å². The maximum absolute atomic E-state index is 9.25. The summed E-state index contributed by atoms with van der Waals surface area (Å²) in [6.45, 7) is 5.89. The SMILES string of the molecule is CC[C@@H](CO)NC1CCN(CCc2ccccc2)CC1. The molecule has 0 unspecified atom stereocenters. The largest absolute Gasteiger partial charge is 0.395 e. The Morgan fingerprint density at radius 3 is 2.55 bits per heavy atom. The molecule has 1 heterocycles. The van der Waals surface area contributed by atoms with Crippen molar-refractivity contribution in [2.75, 3.05) is 26.2 Å². The van der Waals surface area contributed by atoms with Crippen LogP contribution in [0.3, 0.4) is 0 Å². The van der Waals surface area contributed by atoms with E-state index in [1.165, 1.54) is 31.5 Å². The summed E-state index contributed by atoms with van der Waals surface area (Å²) in [5, 5.41) is 12.8. The zero-order valence-electron chi connectivity index (χ0n) is 12.6. The number of rotatable bonds is 7. The molecule has 1 aromatic rings. The highest BCUT2D eigenvalue weighted by Crippen LogP contribution is 2.12. The molecule has 1 aliphatic heterocycles. The fourth-order valence-electron chi connectivity index (χ4n) is 2.89. The highest BCUT2D eigenvalue weighted by atomic mass is 16.3. The molecule has 0 spiro atoms. The third-order valence-electron chi connectivity index (χ3n) is 4.33. The molecule has 0 bridgehead atoms. The van der Waals surface area contributed by atoms with Gasteiger partial charge in [-0.3, -0.25) is 0 Å². The van der Waals surface area contributed by atoms with Crippen molar-refractivity contribution in [1.29, 1.82) is 0 Å². The molecular formula is C17H28N2O. The van der Waals surface area contributed by atoms with Crippen LogP contribution in [-0.4, -0.2) is 48.3 Å². The van der Waals surface area contributed by atoms with Crippen LogP contribution < -0.4 is 5.32 Å². The van der Waals surface area contributed by atoms with Crippen molar-refractivity contribution in [3.63, 3.8) is 0 Å². The molecule has 0 aliphatic carbocycles. The van der Waals surface area contributed by atoms with E-state index in [-0.39, 0.29) is 12.6 Å². The van der Waals surface area contributed by atoms with E-state index in [1.54, 1.807) is 0 Å². The fraction of sp³-hybridized carbons (Fsp3) is 0.647. The first kappa shape index (κ1) is 15.5. The van der Waals surface area contributed by atoms with Crippen molar-refractivity contribution in [3.05, 3.63) is 35.9 Å². The Morgan fingerprint density at radius 1 is 1.25 bits per heavy atom. The van der Waals surface area contributed by atoms with Crippen LogP contribution >= 0.6 is 0 Å². The first-order chi connectivity index (χ1) is 9.81. The van der Waals surface area contributed by atoms with Gasteiger partial charge in [0.15, 0.2) is 0 Å². The number of aliphatic hydroxyl groups is 1. The summed E-state index contributed by atoms with van der Waals surface area (Å²) < 4.78 is 0. The highest BCUT2D eigenvalue weighted by Gasteiger charge is 2.20. The van der Waals surface area contributed by atoms with Gasteiger partial charge in [0.1, 0.15) is 0 Å². The van der Waals surface area contributed by atoms with Crippen LogP contribution in [0, 0.1) is 0 Å². The van der Waals surface area contributed by atoms with E-state index in [0.717, 1.165) is 19.4 Å². The highest BCUT2D eigenvalue weighted by molar-refractivity contribution is 5.14. The second-order valence-corrected chi connectivity index (χ2v) is 5.81. The third-order valence-corrected chi connectivity index (χ3v) is 4.33. The monoisotopic (exact) mass is 276 g/mol. The molecule has 3 heteroatoms. The molecule has 0 aromatic heterocycles. The molecule has 0 amide bonds. The van der Waals surface area contributed by atoms with Gasteiger partial charge in [-0.05, 0) is 44.3 Å². The van der Waals surface area contributed by atoms with Gasteiger partial charge in [0.2, 0.25) is 0 Å². The molecule has 1 aromatic carbocycles. The normalized spacial score (nSPS) is 19.1. The molecule has 2 rings (SSSR count). The number of aliphatic hydroxyl groups excluding tert-OH is 1. The number of hydrogen-bond acceptors (Lipinski definition) is 3. The lowest BCUT2D eigenvalue weighted by atomic mass is 10.0. The summed E-state index contributed by atoms with van der Waals surface area (Å²) in [4.78, 5) is 2.56. The fourth-order valence-corrected chi connectivity index (χ4v) is 2.89. The average molecular weight is 276 g/mol. The van der Waals surface area contributed by atoms with Gasteiger partial charge in [-0.2, -0.15) is 0 Å². The van der Waals surface area contributed by atoms with Gasteiger partial charge >= 0.3 is 0 Å². The Balaban J connectivity index is 1.66. The molecule has 1 saturated heterocycles. The molecule has 1 fully saturated rings. The van der Waals surface area contributed by atoms with E-state index in [2.05, 4.69) is 47.5 Å².